The van der Waals surface area contributed by atoms with Crippen molar-refractivity contribution in [1.82, 2.24) is 15.1 Å². The zero-order valence-corrected chi connectivity index (χ0v) is 8.31. The zero-order chi connectivity index (χ0) is 9.26. The average Bonchev–Trinajstić information content (AvgIpc) is 2.75. The van der Waals surface area contributed by atoms with Crippen LogP contribution in [-0.4, -0.2) is 22.9 Å². The Morgan fingerprint density at radius 2 is 2.36 bits per heavy atom. The van der Waals surface area contributed by atoms with Gasteiger partial charge >= 0.3 is 0 Å². The van der Waals surface area contributed by atoms with Gasteiger partial charge in [0.15, 0.2) is 0 Å². The standard InChI is InChI=1S/C8H11F2N3.ClH/c9-8(10)6-3-12-13(5-6)7-1-2-11-4-7;/h3,5,7-8,11H,1-2,4H2;1H. The second-order valence-corrected chi connectivity index (χ2v) is 3.20. The molecule has 2 rings (SSSR count). The van der Waals surface area contributed by atoms with Gasteiger partial charge in [-0.15, -0.1) is 12.4 Å². The average molecular weight is 224 g/mol. The minimum Gasteiger partial charge on any atom is -0.315 e. The smallest absolute Gasteiger partial charge is 0.266 e. The molecule has 1 aliphatic rings. The highest BCUT2D eigenvalue weighted by Crippen LogP contribution is 2.20. The van der Waals surface area contributed by atoms with Crippen LogP contribution in [0.15, 0.2) is 12.4 Å². The van der Waals surface area contributed by atoms with Crippen molar-refractivity contribution in [3.05, 3.63) is 18.0 Å². The zero-order valence-electron chi connectivity index (χ0n) is 7.49. The van der Waals surface area contributed by atoms with E-state index in [0.717, 1.165) is 19.5 Å². The maximum Gasteiger partial charge on any atom is 0.266 e. The number of rotatable bonds is 2. The Kier molecular flexibility index (Phi) is 3.83. The minimum absolute atomic E-state index is 0. The van der Waals surface area contributed by atoms with Crippen LogP contribution >= 0.6 is 12.4 Å². The van der Waals surface area contributed by atoms with E-state index < -0.39 is 6.43 Å². The Morgan fingerprint density at radius 1 is 1.57 bits per heavy atom. The van der Waals surface area contributed by atoms with E-state index in [9.17, 15) is 8.78 Å². The first-order valence-electron chi connectivity index (χ1n) is 4.30. The van der Waals surface area contributed by atoms with Crippen LogP contribution in [0.3, 0.4) is 0 Å². The normalized spacial score (nSPS) is 21.2. The highest BCUT2D eigenvalue weighted by atomic mass is 35.5. The summed E-state index contributed by atoms with van der Waals surface area (Å²) in [6, 6.07) is 0.243. The van der Waals surface area contributed by atoms with Gasteiger partial charge in [-0.2, -0.15) is 5.10 Å². The van der Waals surface area contributed by atoms with Gasteiger partial charge in [-0.1, -0.05) is 0 Å². The van der Waals surface area contributed by atoms with E-state index >= 15 is 0 Å². The molecular weight excluding hydrogens is 212 g/mol. The molecule has 1 atom stereocenters. The number of nitrogens with zero attached hydrogens (tertiary/aromatic N) is 2. The lowest BCUT2D eigenvalue weighted by molar-refractivity contribution is 0.151. The summed E-state index contributed by atoms with van der Waals surface area (Å²) in [6.07, 6.45) is 1.22. The van der Waals surface area contributed by atoms with E-state index in [-0.39, 0.29) is 24.0 Å². The summed E-state index contributed by atoms with van der Waals surface area (Å²) >= 11 is 0. The summed E-state index contributed by atoms with van der Waals surface area (Å²) in [6.45, 7) is 1.76. The molecule has 1 N–H and O–H groups in total. The molecule has 6 heteroatoms. The number of nitrogens with one attached hydrogen (secondary N) is 1. The van der Waals surface area contributed by atoms with Crippen molar-refractivity contribution in [3.8, 4) is 0 Å². The molecule has 0 bridgehead atoms. The van der Waals surface area contributed by atoms with Gasteiger partial charge in [-0.3, -0.25) is 4.68 Å². The van der Waals surface area contributed by atoms with Crippen molar-refractivity contribution < 1.29 is 8.78 Å². The van der Waals surface area contributed by atoms with Gasteiger partial charge in [0.1, 0.15) is 0 Å². The van der Waals surface area contributed by atoms with Gasteiger partial charge in [0.25, 0.3) is 6.43 Å². The molecular formula is C8H12ClF2N3. The molecule has 80 valence electrons. The van der Waals surface area contributed by atoms with E-state index in [1.165, 1.54) is 12.4 Å². The molecule has 1 unspecified atom stereocenters. The van der Waals surface area contributed by atoms with E-state index in [2.05, 4.69) is 10.4 Å². The molecule has 14 heavy (non-hydrogen) atoms. The lowest BCUT2D eigenvalue weighted by Crippen LogP contribution is -2.13. The SMILES string of the molecule is Cl.FC(F)c1cnn(C2CCNC2)c1. The first-order chi connectivity index (χ1) is 6.27. The molecule has 0 saturated carbocycles. The number of aromatic nitrogens is 2. The monoisotopic (exact) mass is 223 g/mol. The summed E-state index contributed by atoms with van der Waals surface area (Å²) < 4.78 is 26.0. The van der Waals surface area contributed by atoms with Crippen LogP contribution in [0, 0.1) is 0 Å². The molecule has 1 aromatic rings. The molecule has 0 amide bonds. The van der Waals surface area contributed by atoms with Crippen molar-refractivity contribution in [2.75, 3.05) is 13.1 Å². The summed E-state index contributed by atoms with van der Waals surface area (Å²) in [4.78, 5) is 0. The van der Waals surface area contributed by atoms with Crippen molar-refractivity contribution >= 4 is 12.4 Å². The fourth-order valence-corrected chi connectivity index (χ4v) is 1.53. The topological polar surface area (TPSA) is 29.9 Å². The molecule has 0 aromatic carbocycles. The molecule has 2 heterocycles. The van der Waals surface area contributed by atoms with Crippen molar-refractivity contribution in [2.24, 2.45) is 0 Å². The van der Waals surface area contributed by atoms with E-state index in [4.69, 9.17) is 0 Å². The first-order valence-corrected chi connectivity index (χ1v) is 4.30. The molecule has 1 aromatic heterocycles. The number of hydrogen-bond acceptors (Lipinski definition) is 2. The molecule has 1 aliphatic heterocycles. The Labute approximate surface area is 86.9 Å². The Bertz CT molecular complexity index is 284. The van der Waals surface area contributed by atoms with E-state index in [1.54, 1.807) is 4.68 Å². The van der Waals surface area contributed by atoms with Crippen LogP contribution < -0.4 is 5.32 Å². The van der Waals surface area contributed by atoms with E-state index in [1.807, 2.05) is 0 Å². The highest BCUT2D eigenvalue weighted by Gasteiger charge is 2.18. The van der Waals surface area contributed by atoms with Crippen molar-refractivity contribution in [3.63, 3.8) is 0 Å². The lowest BCUT2D eigenvalue weighted by atomic mass is 10.3. The van der Waals surface area contributed by atoms with Gasteiger partial charge < -0.3 is 5.32 Å². The third kappa shape index (κ3) is 2.22. The molecule has 1 saturated heterocycles. The predicted octanol–water partition coefficient (Wildman–Crippen LogP) is 1.78. The van der Waals surface area contributed by atoms with Gasteiger partial charge in [-0.05, 0) is 13.0 Å². The van der Waals surface area contributed by atoms with Crippen molar-refractivity contribution in [2.45, 2.75) is 18.9 Å². The minimum atomic E-state index is -2.41. The van der Waals surface area contributed by atoms with Crippen LogP contribution in [0.2, 0.25) is 0 Å². The maximum atomic E-state index is 12.2. The van der Waals surface area contributed by atoms with E-state index in [0.29, 0.717) is 0 Å². The Morgan fingerprint density at radius 3 is 2.86 bits per heavy atom. The number of halogens is 3. The highest BCUT2D eigenvalue weighted by molar-refractivity contribution is 5.85. The molecule has 1 fully saturated rings. The summed E-state index contributed by atoms with van der Waals surface area (Å²) in [7, 11) is 0. The largest absolute Gasteiger partial charge is 0.315 e. The first kappa shape index (κ1) is 11.4. The number of alkyl halides is 2. The summed E-state index contributed by atoms with van der Waals surface area (Å²) in [5.74, 6) is 0. The molecule has 0 spiro atoms. The fourth-order valence-electron chi connectivity index (χ4n) is 1.53. The second-order valence-electron chi connectivity index (χ2n) is 3.20. The third-order valence-electron chi connectivity index (χ3n) is 2.28. The van der Waals surface area contributed by atoms with Gasteiger partial charge in [0, 0.05) is 12.7 Å². The van der Waals surface area contributed by atoms with Crippen LogP contribution in [0.5, 0.6) is 0 Å². The third-order valence-corrected chi connectivity index (χ3v) is 2.28. The van der Waals surface area contributed by atoms with Crippen LogP contribution in [-0.2, 0) is 0 Å². The maximum absolute atomic E-state index is 12.2. The van der Waals surface area contributed by atoms with Crippen LogP contribution in [0.1, 0.15) is 24.5 Å². The molecule has 0 radical (unpaired) electrons. The fraction of sp³-hybridized carbons (Fsp3) is 0.625. The summed E-state index contributed by atoms with van der Waals surface area (Å²) in [5.41, 5.74) is 0.00639. The summed E-state index contributed by atoms with van der Waals surface area (Å²) in [5, 5.41) is 7.08. The molecule has 3 nitrogen and oxygen atoms in total. The lowest BCUT2D eigenvalue weighted by Gasteiger charge is -2.07. The van der Waals surface area contributed by atoms with Gasteiger partial charge in [-0.25, -0.2) is 8.78 Å². The van der Waals surface area contributed by atoms with Crippen molar-refractivity contribution in [1.29, 1.82) is 0 Å². The molecule has 0 aliphatic carbocycles. The number of hydrogen-bond donors (Lipinski definition) is 1. The second kappa shape index (κ2) is 4.70. The van der Waals surface area contributed by atoms with Crippen LogP contribution in [0.4, 0.5) is 8.78 Å². The van der Waals surface area contributed by atoms with Gasteiger partial charge in [0.05, 0.1) is 17.8 Å². The Hall–Kier alpha value is -0.680. The van der Waals surface area contributed by atoms with Gasteiger partial charge in [0.2, 0.25) is 0 Å². The quantitative estimate of drug-likeness (QED) is 0.828. The van der Waals surface area contributed by atoms with Crippen LogP contribution in [0.25, 0.3) is 0 Å². The predicted molar refractivity (Wildman–Crippen MR) is 51.0 cm³/mol. The Balaban J connectivity index is 0.000000980.